The van der Waals surface area contributed by atoms with Gasteiger partial charge in [0, 0.05) is 25.6 Å². The van der Waals surface area contributed by atoms with Crippen LogP contribution in [-0.4, -0.2) is 50.6 Å². The van der Waals surface area contributed by atoms with E-state index in [2.05, 4.69) is 15.5 Å². The number of aryl methyl sites for hydroxylation is 2. The number of hydrogen-bond acceptors (Lipinski definition) is 5. The number of carbonyl (C=O) groups is 2. The van der Waals surface area contributed by atoms with Gasteiger partial charge in [-0.25, -0.2) is 0 Å². The summed E-state index contributed by atoms with van der Waals surface area (Å²) in [6, 6.07) is 3.57. The van der Waals surface area contributed by atoms with Crippen molar-refractivity contribution in [2.75, 3.05) is 13.1 Å². The monoisotopic (exact) mass is 371 g/mol. The minimum absolute atomic E-state index is 0.0408. The van der Waals surface area contributed by atoms with Crippen molar-refractivity contribution in [2.24, 2.45) is 0 Å². The predicted octanol–water partition coefficient (Wildman–Crippen LogP) is 1.90. The van der Waals surface area contributed by atoms with Crippen molar-refractivity contribution in [2.45, 2.75) is 58.0 Å². The zero-order valence-corrected chi connectivity index (χ0v) is 16.0. The molecule has 144 valence electrons. The maximum absolute atomic E-state index is 12.6. The summed E-state index contributed by atoms with van der Waals surface area (Å²) in [6.45, 7) is 6.94. The second-order valence-electron chi connectivity index (χ2n) is 7.83. The Kier molecular flexibility index (Phi) is 4.28. The second kappa shape index (κ2) is 6.51. The van der Waals surface area contributed by atoms with E-state index >= 15 is 0 Å². The van der Waals surface area contributed by atoms with Crippen LogP contribution < -0.4 is 5.32 Å². The van der Waals surface area contributed by atoms with Crippen LogP contribution in [0.5, 0.6) is 0 Å². The van der Waals surface area contributed by atoms with Crippen LogP contribution >= 0.6 is 0 Å². The third-order valence-corrected chi connectivity index (χ3v) is 5.57. The number of likely N-dealkylation sites (tertiary alicyclic amines) is 1. The highest BCUT2D eigenvalue weighted by Crippen LogP contribution is 2.41. The zero-order chi connectivity index (χ0) is 19.2. The van der Waals surface area contributed by atoms with Crippen molar-refractivity contribution in [1.82, 2.24) is 25.0 Å². The van der Waals surface area contributed by atoms with E-state index in [1.807, 2.05) is 30.2 Å². The molecular formula is C19H25N5O3. The Hall–Kier alpha value is -2.64. The molecule has 2 aliphatic rings. The van der Waals surface area contributed by atoms with Gasteiger partial charge < -0.3 is 19.2 Å². The Balaban J connectivity index is 1.52. The Morgan fingerprint density at radius 2 is 1.93 bits per heavy atom. The minimum atomic E-state index is -0.186. The molecule has 4 heterocycles. The topological polar surface area (TPSA) is 93.3 Å². The average molecular weight is 371 g/mol. The van der Waals surface area contributed by atoms with Crippen molar-refractivity contribution >= 4 is 11.8 Å². The van der Waals surface area contributed by atoms with Gasteiger partial charge in [-0.2, -0.15) is 0 Å². The van der Waals surface area contributed by atoms with Gasteiger partial charge in [0.15, 0.2) is 5.76 Å². The molecule has 0 aromatic carbocycles. The molecule has 1 fully saturated rings. The Labute approximate surface area is 157 Å². The molecule has 0 bridgehead atoms. The molecule has 8 heteroatoms. The lowest BCUT2D eigenvalue weighted by molar-refractivity contribution is 0.0564. The van der Waals surface area contributed by atoms with Crippen molar-refractivity contribution < 1.29 is 14.0 Å². The maximum Gasteiger partial charge on any atom is 0.289 e. The molecule has 4 rings (SSSR count). The van der Waals surface area contributed by atoms with E-state index in [1.165, 1.54) is 0 Å². The first-order valence-corrected chi connectivity index (χ1v) is 9.51. The summed E-state index contributed by atoms with van der Waals surface area (Å²) in [4.78, 5) is 27.0. The number of aromatic nitrogens is 3. The number of fused-ring (bicyclic) bond motifs is 2. The molecule has 1 spiro atoms. The predicted molar refractivity (Wildman–Crippen MR) is 97.5 cm³/mol. The van der Waals surface area contributed by atoms with Crippen molar-refractivity contribution in [3.63, 3.8) is 0 Å². The zero-order valence-electron chi connectivity index (χ0n) is 16.0. The summed E-state index contributed by atoms with van der Waals surface area (Å²) in [5.41, 5.74) is -0.182. The minimum Gasteiger partial charge on any atom is -0.456 e. The molecule has 2 aromatic heterocycles. The molecular weight excluding hydrogens is 346 g/mol. The van der Waals surface area contributed by atoms with Crippen LogP contribution in [0.4, 0.5) is 0 Å². The maximum atomic E-state index is 12.6. The summed E-state index contributed by atoms with van der Waals surface area (Å²) in [7, 11) is 0. The van der Waals surface area contributed by atoms with Crippen molar-refractivity contribution in [1.29, 1.82) is 0 Å². The molecule has 1 N–H and O–H groups in total. The van der Waals surface area contributed by atoms with Gasteiger partial charge in [-0.3, -0.25) is 9.59 Å². The molecule has 0 saturated carbocycles. The summed E-state index contributed by atoms with van der Waals surface area (Å²) >= 11 is 0. The van der Waals surface area contributed by atoms with Gasteiger partial charge >= 0.3 is 0 Å². The van der Waals surface area contributed by atoms with Crippen LogP contribution in [0.1, 0.15) is 65.9 Å². The first-order valence-electron chi connectivity index (χ1n) is 9.51. The van der Waals surface area contributed by atoms with Crippen LogP contribution in [0.15, 0.2) is 16.5 Å². The summed E-state index contributed by atoms with van der Waals surface area (Å²) in [6.07, 6.45) is 3.31. The fourth-order valence-corrected chi connectivity index (χ4v) is 4.21. The number of rotatable bonds is 3. The number of nitrogens with zero attached hydrogens (tertiary/aromatic N) is 4. The first kappa shape index (κ1) is 17.8. The van der Waals surface area contributed by atoms with Gasteiger partial charge in [0.2, 0.25) is 5.82 Å². The van der Waals surface area contributed by atoms with E-state index in [1.54, 1.807) is 12.1 Å². The van der Waals surface area contributed by atoms with Gasteiger partial charge in [0.1, 0.15) is 11.6 Å². The van der Waals surface area contributed by atoms with E-state index in [0.717, 1.165) is 37.3 Å². The third kappa shape index (κ3) is 3.02. The quantitative estimate of drug-likeness (QED) is 0.889. The Bertz CT molecular complexity index is 874. The van der Waals surface area contributed by atoms with Crippen LogP contribution in [0, 0.1) is 6.92 Å². The first-order chi connectivity index (χ1) is 12.9. The number of carbonyl (C=O) groups excluding carboxylic acids is 2. The van der Waals surface area contributed by atoms with Crippen molar-refractivity contribution in [3.05, 3.63) is 35.3 Å². The smallest absolute Gasteiger partial charge is 0.289 e. The summed E-state index contributed by atoms with van der Waals surface area (Å²) in [5.74, 6) is 2.12. The third-order valence-electron chi connectivity index (χ3n) is 5.57. The van der Waals surface area contributed by atoms with E-state index in [0.29, 0.717) is 24.7 Å². The van der Waals surface area contributed by atoms with E-state index < -0.39 is 0 Å². The van der Waals surface area contributed by atoms with Gasteiger partial charge in [-0.15, -0.1) is 10.2 Å². The molecule has 0 unspecified atom stereocenters. The molecule has 27 heavy (non-hydrogen) atoms. The molecule has 0 aliphatic carbocycles. The second-order valence-corrected chi connectivity index (χ2v) is 7.83. The highest BCUT2D eigenvalue weighted by molar-refractivity contribution is 5.92. The fraction of sp³-hybridized carbons (Fsp3) is 0.579. The van der Waals surface area contributed by atoms with Crippen LogP contribution in [0.25, 0.3) is 0 Å². The van der Waals surface area contributed by atoms with Gasteiger partial charge in [-0.1, -0.05) is 0 Å². The number of piperidine rings is 1. The number of hydrogen-bond donors (Lipinski definition) is 1. The van der Waals surface area contributed by atoms with E-state index in [-0.39, 0.29) is 23.4 Å². The number of amides is 2. The Morgan fingerprint density at radius 1 is 1.19 bits per heavy atom. The SMILES string of the molecule is Cc1ccc(C(=O)N2CCC3(CCc4nnc(C(=O)NC(C)C)n43)CC2)o1. The molecule has 2 aromatic rings. The van der Waals surface area contributed by atoms with Crippen LogP contribution in [0.3, 0.4) is 0 Å². The lowest BCUT2D eigenvalue weighted by atomic mass is 9.85. The highest BCUT2D eigenvalue weighted by atomic mass is 16.3. The van der Waals surface area contributed by atoms with Gasteiger partial charge in [0.25, 0.3) is 11.8 Å². The van der Waals surface area contributed by atoms with E-state index in [4.69, 9.17) is 4.42 Å². The summed E-state index contributed by atoms with van der Waals surface area (Å²) < 4.78 is 7.51. The van der Waals surface area contributed by atoms with Crippen LogP contribution in [0.2, 0.25) is 0 Å². The lowest BCUT2D eigenvalue weighted by Gasteiger charge is -2.40. The number of nitrogens with one attached hydrogen (secondary N) is 1. The van der Waals surface area contributed by atoms with Crippen LogP contribution in [-0.2, 0) is 12.0 Å². The lowest BCUT2D eigenvalue weighted by Crippen LogP contribution is -2.48. The van der Waals surface area contributed by atoms with Crippen molar-refractivity contribution in [3.8, 4) is 0 Å². The molecule has 2 aliphatic heterocycles. The molecule has 8 nitrogen and oxygen atoms in total. The normalized spacial score (nSPS) is 18.1. The van der Waals surface area contributed by atoms with Gasteiger partial charge in [-0.05, 0) is 52.2 Å². The molecule has 1 saturated heterocycles. The standard InChI is InChI=1S/C19H25N5O3/c1-12(2)20-17(25)16-22-21-15-6-7-19(24(15)16)8-10-23(11-9-19)18(26)14-5-4-13(3)27-14/h4-5,12H,6-11H2,1-3H3,(H,20,25). The average Bonchev–Trinajstić information content (AvgIpc) is 3.32. The largest absolute Gasteiger partial charge is 0.456 e. The molecule has 0 radical (unpaired) electrons. The Morgan fingerprint density at radius 3 is 2.56 bits per heavy atom. The molecule has 0 atom stereocenters. The highest BCUT2D eigenvalue weighted by Gasteiger charge is 2.45. The summed E-state index contributed by atoms with van der Waals surface area (Å²) in [5, 5.41) is 11.3. The molecule has 2 amide bonds. The number of furan rings is 1. The van der Waals surface area contributed by atoms with E-state index in [9.17, 15) is 9.59 Å². The van der Waals surface area contributed by atoms with Gasteiger partial charge in [0.05, 0.1) is 5.54 Å². The fourth-order valence-electron chi connectivity index (χ4n) is 4.21.